The van der Waals surface area contributed by atoms with Gasteiger partial charge in [-0.3, -0.25) is 5.10 Å². The molecule has 0 bridgehead atoms. The predicted octanol–water partition coefficient (Wildman–Crippen LogP) is 1.87. The van der Waals surface area contributed by atoms with Crippen LogP contribution < -0.4 is 5.32 Å². The van der Waals surface area contributed by atoms with Crippen LogP contribution in [0.1, 0.15) is 37.7 Å². The lowest BCUT2D eigenvalue weighted by Gasteiger charge is -2.22. The Morgan fingerprint density at radius 1 is 1.36 bits per heavy atom. The number of aromatic nitrogens is 2. The molecule has 0 spiro atoms. The molecule has 1 heterocycles. The second kappa shape index (κ2) is 5.15. The zero-order chi connectivity index (χ0) is 9.64. The molecule has 78 valence electrons. The number of rotatable bonds is 4. The minimum Gasteiger partial charge on any atom is -0.314 e. The topological polar surface area (TPSA) is 40.7 Å². The number of hydrogen-bond acceptors (Lipinski definition) is 2. The average Bonchev–Trinajstić information content (AvgIpc) is 2.72. The first kappa shape index (κ1) is 9.71. The summed E-state index contributed by atoms with van der Waals surface area (Å²) >= 11 is 0. The van der Waals surface area contributed by atoms with E-state index in [1.807, 2.05) is 12.4 Å². The van der Waals surface area contributed by atoms with Crippen LogP contribution in [0, 0.1) is 0 Å². The van der Waals surface area contributed by atoms with Gasteiger partial charge in [0, 0.05) is 12.2 Å². The quantitative estimate of drug-likeness (QED) is 0.766. The van der Waals surface area contributed by atoms with Crippen molar-refractivity contribution in [1.82, 2.24) is 15.5 Å². The summed E-state index contributed by atoms with van der Waals surface area (Å²) in [6, 6.07) is 0.774. The Kier molecular flexibility index (Phi) is 3.57. The van der Waals surface area contributed by atoms with Gasteiger partial charge in [0.1, 0.15) is 0 Å². The lowest BCUT2D eigenvalue weighted by Crippen LogP contribution is -2.32. The van der Waals surface area contributed by atoms with Crippen molar-refractivity contribution in [2.24, 2.45) is 0 Å². The van der Waals surface area contributed by atoms with Gasteiger partial charge in [0.2, 0.25) is 0 Å². The summed E-state index contributed by atoms with van der Waals surface area (Å²) in [5.74, 6) is 0. The first-order valence-electron chi connectivity index (χ1n) is 5.66. The molecule has 0 aromatic carbocycles. The Labute approximate surface area is 85.3 Å². The largest absolute Gasteiger partial charge is 0.314 e. The fourth-order valence-corrected chi connectivity index (χ4v) is 2.14. The molecule has 0 unspecified atom stereocenters. The highest BCUT2D eigenvalue weighted by Crippen LogP contribution is 2.17. The fourth-order valence-electron chi connectivity index (χ4n) is 2.14. The van der Waals surface area contributed by atoms with Crippen LogP contribution in [-0.4, -0.2) is 22.8 Å². The van der Waals surface area contributed by atoms with Crippen molar-refractivity contribution in [3.63, 3.8) is 0 Å². The molecule has 14 heavy (non-hydrogen) atoms. The van der Waals surface area contributed by atoms with Crippen LogP contribution in [0.5, 0.6) is 0 Å². The van der Waals surface area contributed by atoms with Crippen LogP contribution in [0.3, 0.4) is 0 Å². The molecule has 1 fully saturated rings. The minimum absolute atomic E-state index is 0.774. The number of nitrogens with zero attached hydrogens (tertiary/aromatic N) is 1. The molecule has 1 saturated carbocycles. The highest BCUT2D eigenvalue weighted by atomic mass is 15.1. The summed E-state index contributed by atoms with van der Waals surface area (Å²) in [6.45, 7) is 1.09. The van der Waals surface area contributed by atoms with Crippen molar-refractivity contribution in [3.05, 3.63) is 18.0 Å². The number of aromatic amines is 1. The highest BCUT2D eigenvalue weighted by molar-refractivity contribution is 5.02. The second-order valence-corrected chi connectivity index (χ2v) is 4.15. The van der Waals surface area contributed by atoms with E-state index in [9.17, 15) is 0 Å². The van der Waals surface area contributed by atoms with E-state index in [1.54, 1.807) is 0 Å². The number of nitrogens with one attached hydrogen (secondary N) is 2. The molecule has 2 N–H and O–H groups in total. The van der Waals surface area contributed by atoms with Gasteiger partial charge in [0.15, 0.2) is 0 Å². The molecule has 0 atom stereocenters. The van der Waals surface area contributed by atoms with Crippen molar-refractivity contribution in [1.29, 1.82) is 0 Å². The zero-order valence-corrected chi connectivity index (χ0v) is 8.63. The van der Waals surface area contributed by atoms with E-state index in [0.29, 0.717) is 0 Å². The molecule has 0 amide bonds. The van der Waals surface area contributed by atoms with Crippen LogP contribution >= 0.6 is 0 Å². The van der Waals surface area contributed by atoms with Gasteiger partial charge in [-0.15, -0.1) is 0 Å². The fraction of sp³-hybridized carbons (Fsp3) is 0.727. The average molecular weight is 193 g/mol. The van der Waals surface area contributed by atoms with Crippen molar-refractivity contribution in [2.75, 3.05) is 6.54 Å². The first-order chi connectivity index (χ1) is 6.95. The molecule has 1 aromatic rings. The van der Waals surface area contributed by atoms with E-state index in [1.165, 1.54) is 37.7 Å². The van der Waals surface area contributed by atoms with Crippen LogP contribution in [-0.2, 0) is 6.42 Å². The van der Waals surface area contributed by atoms with Crippen LogP contribution in [0.2, 0.25) is 0 Å². The van der Waals surface area contributed by atoms with Gasteiger partial charge in [-0.25, -0.2) is 0 Å². The molecular weight excluding hydrogens is 174 g/mol. The Bertz CT molecular complexity index is 237. The smallest absolute Gasteiger partial charge is 0.0519 e. The predicted molar refractivity (Wildman–Crippen MR) is 57.2 cm³/mol. The summed E-state index contributed by atoms with van der Waals surface area (Å²) < 4.78 is 0. The Balaban J connectivity index is 1.62. The molecule has 0 saturated heterocycles. The second-order valence-electron chi connectivity index (χ2n) is 4.15. The summed E-state index contributed by atoms with van der Waals surface area (Å²) in [5, 5.41) is 10.4. The van der Waals surface area contributed by atoms with E-state index in [0.717, 1.165) is 19.0 Å². The van der Waals surface area contributed by atoms with E-state index in [2.05, 4.69) is 15.5 Å². The molecule has 1 aromatic heterocycles. The molecular formula is C11H19N3. The minimum atomic E-state index is 0.774. The first-order valence-corrected chi connectivity index (χ1v) is 5.66. The maximum Gasteiger partial charge on any atom is 0.0519 e. The third-order valence-corrected chi connectivity index (χ3v) is 3.01. The summed E-state index contributed by atoms with van der Waals surface area (Å²) in [5.41, 5.74) is 1.30. The lowest BCUT2D eigenvalue weighted by molar-refractivity contribution is 0.375. The third kappa shape index (κ3) is 2.84. The van der Waals surface area contributed by atoms with Crippen LogP contribution in [0.25, 0.3) is 0 Å². The summed E-state index contributed by atoms with van der Waals surface area (Å²) in [7, 11) is 0. The maximum atomic E-state index is 3.93. The van der Waals surface area contributed by atoms with E-state index < -0.39 is 0 Å². The third-order valence-electron chi connectivity index (χ3n) is 3.01. The Morgan fingerprint density at radius 2 is 2.21 bits per heavy atom. The van der Waals surface area contributed by atoms with Crippen molar-refractivity contribution in [3.8, 4) is 0 Å². The van der Waals surface area contributed by atoms with E-state index in [4.69, 9.17) is 0 Å². The number of H-pyrrole nitrogens is 1. The van der Waals surface area contributed by atoms with Crippen LogP contribution in [0.4, 0.5) is 0 Å². The van der Waals surface area contributed by atoms with Gasteiger partial charge < -0.3 is 5.32 Å². The van der Waals surface area contributed by atoms with E-state index in [-0.39, 0.29) is 0 Å². The van der Waals surface area contributed by atoms with Crippen molar-refractivity contribution >= 4 is 0 Å². The standard InChI is InChI=1S/C11H19N3/c1-2-4-11(5-3-1)12-7-6-10-8-13-14-9-10/h8-9,11-12H,1-7H2,(H,13,14). The monoisotopic (exact) mass is 193 g/mol. The SMILES string of the molecule is c1n[nH]cc1CCNC1CCCCC1. The van der Waals surface area contributed by atoms with E-state index >= 15 is 0 Å². The van der Waals surface area contributed by atoms with Crippen molar-refractivity contribution in [2.45, 2.75) is 44.6 Å². The normalized spacial score (nSPS) is 18.6. The Morgan fingerprint density at radius 3 is 2.93 bits per heavy atom. The molecule has 2 rings (SSSR count). The molecule has 3 nitrogen and oxygen atoms in total. The van der Waals surface area contributed by atoms with Gasteiger partial charge >= 0.3 is 0 Å². The van der Waals surface area contributed by atoms with Crippen molar-refractivity contribution < 1.29 is 0 Å². The van der Waals surface area contributed by atoms with Crippen LogP contribution in [0.15, 0.2) is 12.4 Å². The molecule has 1 aliphatic rings. The maximum absolute atomic E-state index is 3.93. The molecule has 1 aliphatic carbocycles. The Hall–Kier alpha value is -0.830. The zero-order valence-electron chi connectivity index (χ0n) is 8.63. The van der Waals surface area contributed by atoms with Gasteiger partial charge in [-0.1, -0.05) is 19.3 Å². The number of hydrogen-bond donors (Lipinski definition) is 2. The van der Waals surface area contributed by atoms with Gasteiger partial charge in [0.25, 0.3) is 0 Å². The van der Waals surface area contributed by atoms with Gasteiger partial charge in [-0.2, -0.15) is 5.10 Å². The van der Waals surface area contributed by atoms with Gasteiger partial charge in [-0.05, 0) is 31.4 Å². The lowest BCUT2D eigenvalue weighted by atomic mass is 9.95. The molecule has 0 radical (unpaired) electrons. The highest BCUT2D eigenvalue weighted by Gasteiger charge is 2.11. The van der Waals surface area contributed by atoms with Gasteiger partial charge in [0.05, 0.1) is 6.20 Å². The molecule has 0 aliphatic heterocycles. The summed E-state index contributed by atoms with van der Waals surface area (Å²) in [4.78, 5) is 0. The molecule has 3 heteroatoms. The summed E-state index contributed by atoms with van der Waals surface area (Å²) in [6.07, 6.45) is 11.9.